The maximum absolute atomic E-state index is 12.0. The Hall–Kier alpha value is -0.290. The van der Waals surface area contributed by atoms with Crippen molar-refractivity contribution in [2.24, 2.45) is 5.92 Å². The van der Waals surface area contributed by atoms with Crippen LogP contribution < -0.4 is 5.32 Å². The summed E-state index contributed by atoms with van der Waals surface area (Å²) in [7, 11) is 0. The lowest BCUT2D eigenvalue weighted by atomic mass is 10.0. The van der Waals surface area contributed by atoms with Crippen molar-refractivity contribution in [3.8, 4) is 0 Å². The van der Waals surface area contributed by atoms with E-state index in [2.05, 4.69) is 5.32 Å². The summed E-state index contributed by atoms with van der Waals surface area (Å²) in [6.45, 7) is 1.66. The van der Waals surface area contributed by atoms with E-state index in [1.54, 1.807) is 0 Å². The molecule has 1 rings (SSSR count). The average molecular weight is 225 g/mol. The van der Waals surface area contributed by atoms with Crippen LogP contribution in [0, 0.1) is 5.92 Å². The highest BCUT2D eigenvalue weighted by molar-refractivity contribution is 4.83. The minimum absolute atomic E-state index is 0.145. The molecule has 1 aliphatic carbocycles. The first kappa shape index (κ1) is 12.8. The number of hydrogen-bond acceptors (Lipinski definition) is 2. The number of aliphatic hydroxyl groups excluding tert-OH is 1. The molecule has 0 saturated heterocycles. The maximum Gasteiger partial charge on any atom is 0.415 e. The van der Waals surface area contributed by atoms with Crippen molar-refractivity contribution in [2.45, 2.75) is 50.9 Å². The molecule has 0 aliphatic heterocycles. The van der Waals surface area contributed by atoms with Crippen LogP contribution >= 0.6 is 0 Å². The zero-order valence-corrected chi connectivity index (χ0v) is 8.85. The minimum atomic E-state index is -4.51. The van der Waals surface area contributed by atoms with Crippen LogP contribution in [0.5, 0.6) is 0 Å². The first-order chi connectivity index (χ1) is 6.95. The third-order valence-electron chi connectivity index (χ3n) is 3.13. The van der Waals surface area contributed by atoms with Crippen LogP contribution in [0.25, 0.3) is 0 Å². The fourth-order valence-electron chi connectivity index (χ4n) is 2.17. The van der Waals surface area contributed by atoms with Gasteiger partial charge in [-0.15, -0.1) is 0 Å². The third-order valence-corrected chi connectivity index (χ3v) is 3.13. The van der Waals surface area contributed by atoms with Crippen molar-refractivity contribution < 1.29 is 18.3 Å². The van der Waals surface area contributed by atoms with Gasteiger partial charge < -0.3 is 10.4 Å². The molecule has 2 N–H and O–H groups in total. The Balaban J connectivity index is 2.30. The van der Waals surface area contributed by atoms with E-state index in [0.29, 0.717) is 5.92 Å². The van der Waals surface area contributed by atoms with Crippen LogP contribution in [0.2, 0.25) is 0 Å². The molecule has 0 aromatic rings. The van der Waals surface area contributed by atoms with Crippen molar-refractivity contribution in [1.29, 1.82) is 0 Å². The Kier molecular flexibility index (Phi) is 4.40. The molecule has 3 unspecified atom stereocenters. The summed E-state index contributed by atoms with van der Waals surface area (Å²) in [4.78, 5) is 0. The molecular weight excluding hydrogens is 207 g/mol. The lowest BCUT2D eigenvalue weighted by Crippen LogP contribution is -2.43. The number of aliphatic hydroxyl groups is 1. The van der Waals surface area contributed by atoms with Crippen LogP contribution in [0.1, 0.15) is 32.6 Å². The van der Waals surface area contributed by atoms with Gasteiger partial charge in [-0.25, -0.2) is 0 Å². The van der Waals surface area contributed by atoms with E-state index in [1.165, 1.54) is 0 Å². The average Bonchev–Trinajstić information content (AvgIpc) is 2.59. The second-order valence-electron chi connectivity index (χ2n) is 4.17. The fourth-order valence-corrected chi connectivity index (χ4v) is 2.17. The summed E-state index contributed by atoms with van der Waals surface area (Å²) in [5.74, 6) is 0.463. The second kappa shape index (κ2) is 5.16. The molecule has 15 heavy (non-hydrogen) atoms. The van der Waals surface area contributed by atoms with Crippen molar-refractivity contribution >= 4 is 0 Å². The highest BCUT2D eigenvalue weighted by Gasteiger charge is 2.38. The number of rotatable bonds is 4. The topological polar surface area (TPSA) is 32.3 Å². The van der Waals surface area contributed by atoms with Crippen LogP contribution in [-0.2, 0) is 0 Å². The molecule has 2 nitrogen and oxygen atoms in total. The number of halogens is 3. The molecule has 0 aromatic carbocycles. The van der Waals surface area contributed by atoms with Gasteiger partial charge in [0.05, 0.1) is 0 Å². The van der Waals surface area contributed by atoms with Gasteiger partial charge in [0, 0.05) is 12.6 Å². The lowest BCUT2D eigenvalue weighted by molar-refractivity contribution is -0.202. The van der Waals surface area contributed by atoms with E-state index in [9.17, 15) is 13.2 Å². The summed E-state index contributed by atoms with van der Waals surface area (Å²) >= 11 is 0. The predicted octanol–water partition coefficient (Wildman–Crippen LogP) is 2.08. The Labute approximate surface area is 87.9 Å². The van der Waals surface area contributed by atoms with Gasteiger partial charge in [-0.05, 0) is 18.8 Å². The lowest BCUT2D eigenvalue weighted by Gasteiger charge is -2.22. The van der Waals surface area contributed by atoms with Gasteiger partial charge in [0.25, 0.3) is 0 Å². The molecule has 3 atom stereocenters. The fraction of sp³-hybridized carbons (Fsp3) is 1.00. The maximum atomic E-state index is 12.0. The molecule has 0 aromatic heterocycles. The summed E-state index contributed by atoms with van der Waals surface area (Å²) in [6, 6.07) is 0.145. The molecule has 5 heteroatoms. The predicted molar refractivity (Wildman–Crippen MR) is 51.5 cm³/mol. The van der Waals surface area contributed by atoms with E-state index in [-0.39, 0.29) is 12.6 Å². The molecule has 1 aliphatic rings. The summed E-state index contributed by atoms with van der Waals surface area (Å²) in [5.41, 5.74) is 0. The Morgan fingerprint density at radius 3 is 2.60 bits per heavy atom. The quantitative estimate of drug-likeness (QED) is 0.767. The van der Waals surface area contributed by atoms with Crippen molar-refractivity contribution in [3.63, 3.8) is 0 Å². The molecule has 0 radical (unpaired) electrons. The normalized spacial score (nSPS) is 29.4. The van der Waals surface area contributed by atoms with Gasteiger partial charge >= 0.3 is 6.18 Å². The van der Waals surface area contributed by atoms with Crippen molar-refractivity contribution in [3.05, 3.63) is 0 Å². The minimum Gasteiger partial charge on any atom is -0.382 e. The Morgan fingerprint density at radius 2 is 2.07 bits per heavy atom. The molecule has 0 spiro atoms. The zero-order valence-electron chi connectivity index (χ0n) is 8.85. The van der Waals surface area contributed by atoms with E-state index < -0.39 is 12.3 Å². The van der Waals surface area contributed by atoms with Gasteiger partial charge in [-0.3, -0.25) is 0 Å². The Bertz CT molecular complexity index is 196. The summed E-state index contributed by atoms with van der Waals surface area (Å²) in [5, 5.41) is 11.6. The molecule has 1 fully saturated rings. The smallest absolute Gasteiger partial charge is 0.382 e. The molecule has 0 heterocycles. The van der Waals surface area contributed by atoms with E-state index >= 15 is 0 Å². The van der Waals surface area contributed by atoms with Crippen LogP contribution in [0.3, 0.4) is 0 Å². The van der Waals surface area contributed by atoms with Gasteiger partial charge in [0.15, 0.2) is 6.10 Å². The summed E-state index contributed by atoms with van der Waals surface area (Å²) < 4.78 is 36.0. The van der Waals surface area contributed by atoms with Crippen LogP contribution in [0.4, 0.5) is 13.2 Å². The number of nitrogens with one attached hydrogen (secondary N) is 1. The summed E-state index contributed by atoms with van der Waals surface area (Å²) in [6.07, 6.45) is -2.69. The standard InChI is InChI=1S/C10H18F3NO/c1-2-7-4-3-5-8(7)14-6-9(15)10(11,12)13/h7-9,14-15H,2-6H2,1H3. The number of hydrogen-bond donors (Lipinski definition) is 2. The van der Waals surface area contributed by atoms with Crippen LogP contribution in [0.15, 0.2) is 0 Å². The Morgan fingerprint density at radius 1 is 1.40 bits per heavy atom. The second-order valence-corrected chi connectivity index (χ2v) is 4.17. The van der Waals surface area contributed by atoms with E-state index in [4.69, 9.17) is 5.11 Å². The zero-order chi connectivity index (χ0) is 11.5. The first-order valence-corrected chi connectivity index (χ1v) is 5.43. The van der Waals surface area contributed by atoms with E-state index in [1.807, 2.05) is 6.92 Å². The largest absolute Gasteiger partial charge is 0.415 e. The molecular formula is C10H18F3NO. The third kappa shape index (κ3) is 3.65. The van der Waals surface area contributed by atoms with Gasteiger partial charge in [0.2, 0.25) is 0 Å². The SMILES string of the molecule is CCC1CCCC1NCC(O)C(F)(F)F. The van der Waals surface area contributed by atoms with Crippen molar-refractivity contribution in [1.82, 2.24) is 5.32 Å². The number of alkyl halides is 3. The van der Waals surface area contributed by atoms with Gasteiger partial charge in [0.1, 0.15) is 0 Å². The van der Waals surface area contributed by atoms with E-state index in [0.717, 1.165) is 25.7 Å². The highest BCUT2D eigenvalue weighted by Crippen LogP contribution is 2.28. The highest BCUT2D eigenvalue weighted by atomic mass is 19.4. The molecule has 0 amide bonds. The molecule has 1 saturated carbocycles. The van der Waals surface area contributed by atoms with Crippen molar-refractivity contribution in [2.75, 3.05) is 6.54 Å². The first-order valence-electron chi connectivity index (χ1n) is 5.43. The monoisotopic (exact) mass is 225 g/mol. The molecule has 90 valence electrons. The van der Waals surface area contributed by atoms with Gasteiger partial charge in [-0.1, -0.05) is 19.8 Å². The van der Waals surface area contributed by atoms with Gasteiger partial charge in [-0.2, -0.15) is 13.2 Å². The molecule has 0 bridgehead atoms. The van der Waals surface area contributed by atoms with Crippen LogP contribution in [-0.4, -0.2) is 30.0 Å².